The maximum absolute atomic E-state index is 12.1. The zero-order chi connectivity index (χ0) is 38.9. The summed E-state index contributed by atoms with van der Waals surface area (Å²) in [6.45, 7) is 13.0. The number of unbranched alkanes of at least 4 members (excludes halogenated alkanes) is 13. The first-order chi connectivity index (χ1) is 26.6. The SMILES string of the molecule is CCCCCCCCCCCCCCCCOCCOCCOCCOCCOCCOCCOCCOCCOCCOS(=O)(=O)c1ccc(C)cc1. The second-order valence-electron chi connectivity index (χ2n) is 13.2. The van der Waals surface area contributed by atoms with Crippen molar-refractivity contribution >= 4 is 10.1 Å². The molecule has 13 heteroatoms. The van der Waals surface area contributed by atoms with Gasteiger partial charge in [-0.05, 0) is 25.5 Å². The van der Waals surface area contributed by atoms with Crippen LogP contribution in [-0.4, -0.2) is 134 Å². The van der Waals surface area contributed by atoms with Gasteiger partial charge in [0, 0.05) is 6.61 Å². The Bertz CT molecular complexity index is 996. The molecule has 0 saturated carbocycles. The van der Waals surface area contributed by atoms with Gasteiger partial charge in [-0.3, -0.25) is 4.18 Å². The van der Waals surface area contributed by atoms with E-state index in [9.17, 15) is 8.42 Å². The van der Waals surface area contributed by atoms with Crippen LogP contribution in [0.2, 0.25) is 0 Å². The Morgan fingerprint density at radius 1 is 0.352 bits per heavy atom. The van der Waals surface area contributed by atoms with Crippen LogP contribution < -0.4 is 0 Å². The Kier molecular flexibility index (Phi) is 37.6. The van der Waals surface area contributed by atoms with Gasteiger partial charge in [0.15, 0.2) is 0 Å². The van der Waals surface area contributed by atoms with Crippen molar-refractivity contribution in [3.8, 4) is 0 Å². The summed E-state index contributed by atoms with van der Waals surface area (Å²) in [7, 11) is -3.77. The average Bonchev–Trinajstić information content (AvgIpc) is 3.17. The molecule has 0 N–H and O–H groups in total. The molecule has 0 aliphatic heterocycles. The molecule has 0 unspecified atom stereocenters. The van der Waals surface area contributed by atoms with Gasteiger partial charge in [-0.25, -0.2) is 0 Å². The molecule has 0 heterocycles. The maximum Gasteiger partial charge on any atom is 0.297 e. The molecule has 1 rings (SSSR count). The van der Waals surface area contributed by atoms with Crippen molar-refractivity contribution in [2.45, 2.75) is 109 Å². The molecule has 0 bridgehead atoms. The van der Waals surface area contributed by atoms with E-state index in [1.165, 1.54) is 95.6 Å². The second kappa shape index (κ2) is 40.0. The summed E-state index contributed by atoms with van der Waals surface area (Å²) in [5.41, 5.74) is 0.979. The minimum atomic E-state index is -3.77. The molecule has 0 saturated heterocycles. The summed E-state index contributed by atoms with van der Waals surface area (Å²) >= 11 is 0. The minimum absolute atomic E-state index is 0.0545. The molecule has 0 atom stereocenters. The summed E-state index contributed by atoms with van der Waals surface area (Å²) in [5.74, 6) is 0. The van der Waals surface area contributed by atoms with E-state index in [-0.39, 0.29) is 18.1 Å². The number of rotatable bonds is 44. The van der Waals surface area contributed by atoms with Gasteiger partial charge in [0.1, 0.15) is 0 Å². The van der Waals surface area contributed by atoms with Gasteiger partial charge in [-0.1, -0.05) is 108 Å². The average molecular weight is 793 g/mol. The minimum Gasteiger partial charge on any atom is -0.379 e. The lowest BCUT2D eigenvalue weighted by molar-refractivity contribution is -0.0254. The first kappa shape index (κ1) is 50.8. The van der Waals surface area contributed by atoms with E-state index in [1.807, 2.05) is 6.92 Å². The van der Waals surface area contributed by atoms with Crippen molar-refractivity contribution in [1.82, 2.24) is 0 Å². The van der Waals surface area contributed by atoms with E-state index in [1.54, 1.807) is 12.1 Å². The van der Waals surface area contributed by atoms with Gasteiger partial charge >= 0.3 is 0 Å². The van der Waals surface area contributed by atoms with Crippen LogP contribution in [0.3, 0.4) is 0 Å². The normalized spacial score (nSPS) is 11.9. The molecule has 0 amide bonds. The van der Waals surface area contributed by atoms with Gasteiger partial charge in [-0.2, -0.15) is 8.42 Å². The number of hydrogen-bond donors (Lipinski definition) is 0. The predicted octanol–water partition coefficient (Wildman–Crippen LogP) is 7.33. The molecule has 54 heavy (non-hydrogen) atoms. The van der Waals surface area contributed by atoms with Gasteiger partial charge in [0.2, 0.25) is 0 Å². The van der Waals surface area contributed by atoms with E-state index in [0.29, 0.717) is 106 Å². The van der Waals surface area contributed by atoms with E-state index < -0.39 is 10.1 Å². The lowest BCUT2D eigenvalue weighted by Crippen LogP contribution is -2.15. The second-order valence-corrected chi connectivity index (χ2v) is 14.8. The number of aryl methyl sites for hydroxylation is 1. The fourth-order valence-corrected chi connectivity index (χ4v) is 6.13. The van der Waals surface area contributed by atoms with E-state index in [0.717, 1.165) is 18.6 Å². The third-order valence-corrected chi connectivity index (χ3v) is 9.72. The number of hydrogen-bond acceptors (Lipinski definition) is 12. The van der Waals surface area contributed by atoms with Crippen LogP contribution in [0.5, 0.6) is 0 Å². The lowest BCUT2D eigenvalue weighted by atomic mass is 10.0. The summed E-state index contributed by atoms with van der Waals surface area (Å²) in [6.07, 6.45) is 19.2. The highest BCUT2D eigenvalue weighted by molar-refractivity contribution is 7.86. The molecule has 0 spiro atoms. The Hall–Kier alpha value is -1.23. The largest absolute Gasteiger partial charge is 0.379 e. The van der Waals surface area contributed by atoms with E-state index in [4.69, 9.17) is 46.8 Å². The van der Waals surface area contributed by atoms with Crippen molar-refractivity contribution in [3.63, 3.8) is 0 Å². The maximum atomic E-state index is 12.1. The first-order valence-corrected chi connectivity index (χ1v) is 22.1. The molecule has 0 aliphatic carbocycles. The molecular weight excluding hydrogens is 717 g/mol. The fourth-order valence-electron chi connectivity index (χ4n) is 5.24. The fraction of sp³-hybridized carbons (Fsp3) is 0.854. The van der Waals surface area contributed by atoms with Gasteiger partial charge in [0.25, 0.3) is 10.1 Å². The van der Waals surface area contributed by atoms with Crippen molar-refractivity contribution < 1.29 is 55.2 Å². The molecule has 318 valence electrons. The Labute approximate surface area is 328 Å². The molecule has 12 nitrogen and oxygen atoms in total. The zero-order valence-corrected chi connectivity index (χ0v) is 34.8. The van der Waals surface area contributed by atoms with Crippen molar-refractivity contribution in [3.05, 3.63) is 29.8 Å². The molecular formula is C41H76O12S. The third kappa shape index (κ3) is 35.2. The van der Waals surface area contributed by atoms with Crippen LogP contribution in [0.4, 0.5) is 0 Å². The Morgan fingerprint density at radius 2 is 0.611 bits per heavy atom. The third-order valence-electron chi connectivity index (χ3n) is 8.39. The molecule has 1 aromatic rings. The van der Waals surface area contributed by atoms with Crippen LogP contribution in [-0.2, 0) is 56.9 Å². The first-order valence-electron chi connectivity index (χ1n) is 20.7. The summed E-state index contributed by atoms with van der Waals surface area (Å²) in [6, 6.07) is 6.50. The lowest BCUT2D eigenvalue weighted by Gasteiger charge is -2.09. The molecule has 1 aromatic carbocycles. The Morgan fingerprint density at radius 3 is 0.926 bits per heavy atom. The smallest absolute Gasteiger partial charge is 0.297 e. The van der Waals surface area contributed by atoms with Crippen molar-refractivity contribution in [2.24, 2.45) is 0 Å². The van der Waals surface area contributed by atoms with Gasteiger partial charge in [-0.15, -0.1) is 0 Å². The Balaban J connectivity index is 1.65. The standard InChI is InChI=1S/C41H76O12S/c1-3-4-5-6-7-8-9-10-11-12-13-14-15-16-21-44-22-23-45-24-25-46-26-27-47-28-29-48-30-31-49-32-33-50-34-35-51-36-37-52-38-39-53-54(42,43)41-19-17-40(2)18-20-41/h17-20H,3-16,21-39H2,1-2H3. The molecule has 0 aromatic heterocycles. The highest BCUT2D eigenvalue weighted by atomic mass is 32.2. The molecule has 0 radical (unpaired) electrons. The van der Waals surface area contributed by atoms with Crippen LogP contribution in [0.15, 0.2) is 29.2 Å². The highest BCUT2D eigenvalue weighted by Crippen LogP contribution is 2.14. The van der Waals surface area contributed by atoms with Gasteiger partial charge in [0.05, 0.1) is 124 Å². The highest BCUT2D eigenvalue weighted by Gasteiger charge is 2.14. The quantitative estimate of drug-likeness (QED) is 0.0485. The van der Waals surface area contributed by atoms with Crippen molar-refractivity contribution in [1.29, 1.82) is 0 Å². The zero-order valence-electron chi connectivity index (χ0n) is 34.0. The number of ether oxygens (including phenoxy) is 9. The summed E-state index contributed by atoms with van der Waals surface area (Å²) in [4.78, 5) is 0.133. The number of benzene rings is 1. The predicted molar refractivity (Wildman–Crippen MR) is 212 cm³/mol. The van der Waals surface area contributed by atoms with E-state index >= 15 is 0 Å². The van der Waals surface area contributed by atoms with Crippen LogP contribution in [0.1, 0.15) is 102 Å². The summed E-state index contributed by atoms with van der Waals surface area (Å²) < 4.78 is 78.7. The van der Waals surface area contributed by atoms with Crippen LogP contribution in [0.25, 0.3) is 0 Å². The molecule has 0 aliphatic rings. The molecule has 0 fully saturated rings. The topological polar surface area (TPSA) is 126 Å². The summed E-state index contributed by atoms with van der Waals surface area (Å²) in [5, 5.41) is 0. The van der Waals surface area contributed by atoms with Crippen LogP contribution >= 0.6 is 0 Å². The van der Waals surface area contributed by atoms with Crippen molar-refractivity contribution in [2.75, 3.05) is 126 Å². The van der Waals surface area contributed by atoms with Gasteiger partial charge < -0.3 is 42.6 Å². The van der Waals surface area contributed by atoms with Crippen LogP contribution in [0, 0.1) is 6.92 Å². The monoisotopic (exact) mass is 793 g/mol. The van der Waals surface area contributed by atoms with E-state index in [2.05, 4.69) is 6.92 Å².